The SMILES string of the molecule is COc1cc(/C=C/[N+](=O)[O-])ccc1OC(=O)CCCN1C(=O)c2ccccc2C1=O. The van der Waals surface area contributed by atoms with Gasteiger partial charge >= 0.3 is 5.97 Å². The summed E-state index contributed by atoms with van der Waals surface area (Å²) in [5.41, 5.74) is 1.23. The maximum absolute atomic E-state index is 12.3. The molecular formula is C21H18N2O7. The van der Waals surface area contributed by atoms with Crippen LogP contribution in [0.3, 0.4) is 0 Å². The van der Waals surface area contributed by atoms with Crippen molar-refractivity contribution in [3.05, 3.63) is 75.5 Å². The van der Waals surface area contributed by atoms with Gasteiger partial charge in [0.1, 0.15) is 0 Å². The van der Waals surface area contributed by atoms with Crippen LogP contribution in [0, 0.1) is 10.1 Å². The molecule has 30 heavy (non-hydrogen) atoms. The Morgan fingerprint density at radius 2 is 1.77 bits per heavy atom. The van der Waals surface area contributed by atoms with Crippen molar-refractivity contribution in [2.24, 2.45) is 0 Å². The quantitative estimate of drug-likeness (QED) is 0.216. The third kappa shape index (κ3) is 4.52. The summed E-state index contributed by atoms with van der Waals surface area (Å²) in [4.78, 5) is 47.7. The lowest BCUT2D eigenvalue weighted by molar-refractivity contribution is -0.400. The highest BCUT2D eigenvalue weighted by Crippen LogP contribution is 2.29. The summed E-state index contributed by atoms with van der Waals surface area (Å²) < 4.78 is 10.5. The molecule has 2 amide bonds. The first-order valence-electron chi connectivity index (χ1n) is 9.06. The van der Waals surface area contributed by atoms with Gasteiger partial charge in [0.25, 0.3) is 11.8 Å². The van der Waals surface area contributed by atoms with Gasteiger partial charge in [-0.15, -0.1) is 0 Å². The number of methoxy groups -OCH3 is 1. The van der Waals surface area contributed by atoms with Crippen LogP contribution in [-0.2, 0) is 4.79 Å². The highest BCUT2D eigenvalue weighted by Gasteiger charge is 2.34. The molecule has 0 saturated heterocycles. The molecule has 0 spiro atoms. The first-order valence-corrected chi connectivity index (χ1v) is 9.06. The number of esters is 1. The summed E-state index contributed by atoms with van der Waals surface area (Å²) in [6.45, 7) is 0.100. The average molecular weight is 410 g/mol. The normalized spacial score (nSPS) is 12.9. The van der Waals surface area contributed by atoms with E-state index in [0.717, 1.165) is 11.1 Å². The number of imide groups is 1. The number of amides is 2. The number of benzene rings is 2. The third-order valence-electron chi connectivity index (χ3n) is 4.44. The van der Waals surface area contributed by atoms with Crippen LogP contribution in [0.5, 0.6) is 11.5 Å². The molecule has 0 bridgehead atoms. The van der Waals surface area contributed by atoms with Gasteiger partial charge in [0, 0.05) is 19.0 Å². The first kappa shape index (κ1) is 20.7. The molecule has 154 valence electrons. The number of fused-ring (bicyclic) bond motifs is 1. The second-order valence-electron chi connectivity index (χ2n) is 6.40. The Hall–Kier alpha value is -4.01. The lowest BCUT2D eigenvalue weighted by atomic mass is 10.1. The average Bonchev–Trinajstić information content (AvgIpc) is 2.98. The van der Waals surface area contributed by atoms with E-state index in [4.69, 9.17) is 9.47 Å². The fourth-order valence-corrected chi connectivity index (χ4v) is 3.02. The molecule has 0 unspecified atom stereocenters. The van der Waals surface area contributed by atoms with Gasteiger partial charge in [-0.2, -0.15) is 0 Å². The van der Waals surface area contributed by atoms with Gasteiger partial charge in [0.2, 0.25) is 6.20 Å². The number of ether oxygens (including phenoxy) is 2. The fraction of sp³-hybridized carbons (Fsp3) is 0.190. The van der Waals surface area contributed by atoms with Gasteiger partial charge in [-0.3, -0.25) is 29.4 Å². The van der Waals surface area contributed by atoms with Gasteiger partial charge in [0.15, 0.2) is 11.5 Å². The van der Waals surface area contributed by atoms with E-state index in [9.17, 15) is 24.5 Å². The molecule has 2 aromatic rings. The summed E-state index contributed by atoms with van der Waals surface area (Å²) in [7, 11) is 1.38. The predicted molar refractivity (Wildman–Crippen MR) is 106 cm³/mol. The van der Waals surface area contributed by atoms with Crippen molar-refractivity contribution in [1.82, 2.24) is 4.90 Å². The third-order valence-corrected chi connectivity index (χ3v) is 4.44. The Morgan fingerprint density at radius 3 is 2.37 bits per heavy atom. The first-order chi connectivity index (χ1) is 14.4. The summed E-state index contributed by atoms with van der Waals surface area (Å²) in [5, 5.41) is 10.4. The number of nitrogens with zero attached hydrogens (tertiary/aromatic N) is 2. The van der Waals surface area contributed by atoms with Crippen LogP contribution in [0.15, 0.2) is 48.7 Å². The smallest absolute Gasteiger partial charge is 0.311 e. The monoisotopic (exact) mass is 410 g/mol. The van der Waals surface area contributed by atoms with Crippen molar-refractivity contribution in [1.29, 1.82) is 0 Å². The maximum atomic E-state index is 12.3. The van der Waals surface area contributed by atoms with Crippen molar-refractivity contribution in [3.8, 4) is 11.5 Å². The van der Waals surface area contributed by atoms with Crippen molar-refractivity contribution < 1.29 is 28.8 Å². The molecule has 1 heterocycles. The number of nitro groups is 1. The van der Waals surface area contributed by atoms with Gasteiger partial charge in [-0.25, -0.2) is 0 Å². The number of carbonyl (C=O) groups excluding carboxylic acids is 3. The van der Waals surface area contributed by atoms with Gasteiger partial charge in [-0.05, 0) is 36.2 Å². The molecule has 3 rings (SSSR count). The summed E-state index contributed by atoms with van der Waals surface area (Å²) in [6.07, 6.45) is 2.31. The molecule has 0 radical (unpaired) electrons. The van der Waals surface area contributed by atoms with Crippen molar-refractivity contribution >= 4 is 23.9 Å². The van der Waals surface area contributed by atoms with Crippen molar-refractivity contribution in [2.45, 2.75) is 12.8 Å². The Labute approximate surface area is 171 Å². The molecule has 0 saturated carbocycles. The zero-order valence-corrected chi connectivity index (χ0v) is 16.1. The van der Waals surface area contributed by atoms with Crippen LogP contribution in [-0.4, -0.2) is 41.3 Å². The molecule has 1 aliphatic rings. The molecule has 0 fully saturated rings. The van der Waals surface area contributed by atoms with Crippen LogP contribution in [0.25, 0.3) is 6.08 Å². The van der Waals surface area contributed by atoms with Crippen LogP contribution >= 0.6 is 0 Å². The Bertz CT molecular complexity index is 1010. The van der Waals surface area contributed by atoms with Gasteiger partial charge in [0.05, 0.1) is 23.2 Å². The zero-order chi connectivity index (χ0) is 21.7. The van der Waals surface area contributed by atoms with Crippen LogP contribution in [0.1, 0.15) is 39.1 Å². The topological polar surface area (TPSA) is 116 Å². The maximum Gasteiger partial charge on any atom is 0.311 e. The lowest BCUT2D eigenvalue weighted by Gasteiger charge is -2.13. The van der Waals surface area contributed by atoms with Gasteiger partial charge < -0.3 is 9.47 Å². The Balaban J connectivity index is 1.56. The van der Waals surface area contributed by atoms with E-state index in [1.165, 1.54) is 25.3 Å². The molecule has 0 atom stereocenters. The Morgan fingerprint density at radius 1 is 1.10 bits per heavy atom. The van der Waals surface area contributed by atoms with E-state index in [1.54, 1.807) is 30.3 Å². The molecular weight excluding hydrogens is 392 g/mol. The largest absolute Gasteiger partial charge is 0.493 e. The zero-order valence-electron chi connectivity index (χ0n) is 16.1. The van der Waals surface area contributed by atoms with Crippen LogP contribution in [0.2, 0.25) is 0 Å². The fourth-order valence-electron chi connectivity index (χ4n) is 3.02. The summed E-state index contributed by atoms with van der Waals surface area (Å²) in [6, 6.07) is 11.1. The van der Waals surface area contributed by atoms with E-state index in [1.807, 2.05) is 0 Å². The number of rotatable bonds is 8. The molecule has 0 N–H and O–H groups in total. The molecule has 9 heteroatoms. The molecule has 1 aliphatic heterocycles. The molecule has 9 nitrogen and oxygen atoms in total. The van der Waals surface area contributed by atoms with Crippen molar-refractivity contribution in [3.63, 3.8) is 0 Å². The van der Waals surface area contributed by atoms with E-state index >= 15 is 0 Å². The molecule has 2 aromatic carbocycles. The molecule has 0 aliphatic carbocycles. The van der Waals surface area contributed by atoms with E-state index in [2.05, 4.69) is 0 Å². The highest BCUT2D eigenvalue weighted by atomic mass is 16.6. The minimum Gasteiger partial charge on any atom is -0.493 e. The number of hydrogen-bond donors (Lipinski definition) is 0. The van der Waals surface area contributed by atoms with Crippen molar-refractivity contribution in [2.75, 3.05) is 13.7 Å². The molecule has 0 aromatic heterocycles. The number of carbonyl (C=O) groups is 3. The second kappa shape index (κ2) is 8.99. The summed E-state index contributed by atoms with van der Waals surface area (Å²) >= 11 is 0. The number of hydrogen-bond acceptors (Lipinski definition) is 7. The minimum absolute atomic E-state index is 0.0143. The Kier molecular flexibility index (Phi) is 6.21. The van der Waals surface area contributed by atoms with Crippen LogP contribution < -0.4 is 9.47 Å². The predicted octanol–water partition coefficient (Wildman–Crippen LogP) is 2.92. The van der Waals surface area contributed by atoms with Gasteiger partial charge in [-0.1, -0.05) is 18.2 Å². The second-order valence-corrected chi connectivity index (χ2v) is 6.40. The summed E-state index contributed by atoms with van der Waals surface area (Å²) in [5.74, 6) is -0.887. The van der Waals surface area contributed by atoms with E-state index in [0.29, 0.717) is 16.7 Å². The standard InChI is InChI=1S/C21H18N2O7/c1-29-18-13-14(10-12-23(27)28)8-9-17(18)30-19(24)7-4-11-22-20(25)15-5-2-3-6-16(15)21(22)26/h2-3,5-6,8-10,12-13H,4,7,11H2,1H3/b12-10+. The lowest BCUT2D eigenvalue weighted by Crippen LogP contribution is -2.31. The van der Waals surface area contributed by atoms with E-state index in [-0.39, 0.29) is 42.7 Å². The van der Waals surface area contributed by atoms with Crippen LogP contribution in [0.4, 0.5) is 0 Å². The minimum atomic E-state index is -0.589. The highest BCUT2D eigenvalue weighted by molar-refractivity contribution is 6.21. The van der Waals surface area contributed by atoms with E-state index < -0.39 is 10.9 Å².